The summed E-state index contributed by atoms with van der Waals surface area (Å²) in [5.74, 6) is 0.937. The van der Waals surface area contributed by atoms with Gasteiger partial charge in [-0.2, -0.15) is 0 Å². The Kier molecular flexibility index (Phi) is 6.35. The second-order valence-electron chi connectivity index (χ2n) is 8.26. The lowest BCUT2D eigenvalue weighted by atomic mass is 10.1. The van der Waals surface area contributed by atoms with Crippen molar-refractivity contribution in [3.05, 3.63) is 34.7 Å². The number of aromatic nitrogens is 3. The number of aryl methyl sites for hydroxylation is 1. The monoisotopic (exact) mass is 410 g/mol. The van der Waals surface area contributed by atoms with Crippen LogP contribution in [0.1, 0.15) is 57.8 Å². The number of ether oxygens (including phenoxy) is 1. The predicted octanol–water partition coefficient (Wildman–Crippen LogP) is 3.80. The molecule has 1 aliphatic carbocycles. The fourth-order valence-corrected chi connectivity index (χ4v) is 4.18. The molecule has 7 nitrogen and oxygen atoms in total. The number of benzene rings is 1. The zero-order valence-electron chi connectivity index (χ0n) is 17.6. The Morgan fingerprint density at radius 1 is 1.20 bits per heavy atom. The van der Waals surface area contributed by atoms with Gasteiger partial charge in [-0.3, -0.25) is 14.3 Å². The van der Waals surface area contributed by atoms with Gasteiger partial charge in [0.1, 0.15) is 5.75 Å². The molecule has 1 fully saturated rings. The highest BCUT2D eigenvalue weighted by Gasteiger charge is 2.14. The van der Waals surface area contributed by atoms with E-state index in [2.05, 4.69) is 15.3 Å². The molecule has 0 saturated heterocycles. The number of imidazole rings is 1. The fourth-order valence-electron chi connectivity index (χ4n) is 4.18. The van der Waals surface area contributed by atoms with Gasteiger partial charge in [-0.05, 0) is 49.9 Å². The first-order chi connectivity index (χ1) is 14.6. The summed E-state index contributed by atoms with van der Waals surface area (Å²) < 4.78 is 7.43. The first-order valence-corrected chi connectivity index (χ1v) is 11.0. The molecule has 0 radical (unpaired) electrons. The molecule has 2 aromatic heterocycles. The third-order valence-corrected chi connectivity index (χ3v) is 5.94. The maximum Gasteiger partial charge on any atom is 0.327 e. The topological polar surface area (TPSA) is 89.0 Å². The SMILES string of the molecule is Cn1c(=O)[nH]c2nc3ccc(OCCCCC(=O)NC4CCCCCC4)cc3cc21. The quantitative estimate of drug-likeness (QED) is 0.458. The highest BCUT2D eigenvalue weighted by molar-refractivity contribution is 5.90. The number of carbonyl (C=O) groups excluding carboxylic acids is 1. The molecule has 0 spiro atoms. The number of aromatic amines is 1. The van der Waals surface area contributed by atoms with Crippen molar-refractivity contribution in [2.75, 3.05) is 6.61 Å². The number of nitrogens with one attached hydrogen (secondary N) is 2. The fraction of sp³-hybridized carbons (Fsp3) is 0.522. The van der Waals surface area contributed by atoms with E-state index < -0.39 is 0 Å². The Morgan fingerprint density at radius 2 is 2.00 bits per heavy atom. The van der Waals surface area contributed by atoms with E-state index in [4.69, 9.17) is 4.74 Å². The zero-order valence-corrected chi connectivity index (χ0v) is 17.6. The van der Waals surface area contributed by atoms with E-state index in [1.165, 1.54) is 25.7 Å². The van der Waals surface area contributed by atoms with E-state index in [0.29, 0.717) is 24.7 Å². The molecule has 1 amide bonds. The van der Waals surface area contributed by atoms with Gasteiger partial charge in [-0.15, -0.1) is 0 Å². The van der Waals surface area contributed by atoms with Gasteiger partial charge in [0.2, 0.25) is 5.91 Å². The average molecular weight is 411 g/mol. The number of nitrogens with zero attached hydrogens (tertiary/aromatic N) is 2. The number of H-pyrrole nitrogens is 1. The molecule has 160 valence electrons. The number of carbonyl (C=O) groups is 1. The Morgan fingerprint density at radius 3 is 2.80 bits per heavy atom. The van der Waals surface area contributed by atoms with Crippen LogP contribution in [0.3, 0.4) is 0 Å². The largest absolute Gasteiger partial charge is 0.494 e. The van der Waals surface area contributed by atoms with Gasteiger partial charge in [-0.1, -0.05) is 25.7 Å². The van der Waals surface area contributed by atoms with Crippen LogP contribution >= 0.6 is 0 Å². The lowest BCUT2D eigenvalue weighted by Crippen LogP contribution is -2.34. The summed E-state index contributed by atoms with van der Waals surface area (Å²) in [6.07, 6.45) is 9.49. The number of unbranched alkanes of at least 4 members (excludes halogenated alkanes) is 1. The summed E-state index contributed by atoms with van der Waals surface area (Å²) in [5, 5.41) is 4.12. The Balaban J connectivity index is 1.25. The van der Waals surface area contributed by atoms with Crippen molar-refractivity contribution in [3.8, 4) is 5.75 Å². The maximum absolute atomic E-state index is 12.2. The average Bonchev–Trinajstić information content (AvgIpc) is 2.90. The number of hydrogen-bond donors (Lipinski definition) is 2. The van der Waals surface area contributed by atoms with Crippen LogP contribution < -0.4 is 15.7 Å². The van der Waals surface area contributed by atoms with Crippen molar-refractivity contribution < 1.29 is 9.53 Å². The summed E-state index contributed by atoms with van der Waals surface area (Å²) in [6, 6.07) is 8.04. The predicted molar refractivity (Wildman–Crippen MR) is 118 cm³/mol. The van der Waals surface area contributed by atoms with Gasteiger partial charge in [0.25, 0.3) is 0 Å². The molecule has 2 heterocycles. The van der Waals surface area contributed by atoms with E-state index in [1.54, 1.807) is 11.6 Å². The van der Waals surface area contributed by atoms with Crippen LogP contribution in [0.15, 0.2) is 29.1 Å². The smallest absolute Gasteiger partial charge is 0.327 e. The third kappa shape index (κ3) is 4.83. The summed E-state index contributed by atoms with van der Waals surface area (Å²) in [6.45, 7) is 0.570. The van der Waals surface area contributed by atoms with Crippen LogP contribution in [0.4, 0.5) is 0 Å². The van der Waals surface area contributed by atoms with Crippen LogP contribution in [0, 0.1) is 0 Å². The zero-order chi connectivity index (χ0) is 20.9. The molecule has 3 aromatic rings. The summed E-state index contributed by atoms with van der Waals surface area (Å²) >= 11 is 0. The van der Waals surface area contributed by atoms with Crippen LogP contribution in [-0.2, 0) is 11.8 Å². The first kappa shape index (κ1) is 20.4. The van der Waals surface area contributed by atoms with E-state index >= 15 is 0 Å². The van der Waals surface area contributed by atoms with E-state index in [-0.39, 0.29) is 11.6 Å². The minimum Gasteiger partial charge on any atom is -0.494 e. The molecule has 1 aliphatic rings. The summed E-state index contributed by atoms with van der Waals surface area (Å²) in [4.78, 5) is 31.2. The molecule has 0 unspecified atom stereocenters. The molecule has 4 rings (SSSR count). The van der Waals surface area contributed by atoms with Crippen LogP contribution in [0.25, 0.3) is 22.1 Å². The number of fused-ring (bicyclic) bond motifs is 2. The van der Waals surface area contributed by atoms with Gasteiger partial charge in [-0.25, -0.2) is 9.78 Å². The van der Waals surface area contributed by atoms with Crippen molar-refractivity contribution in [1.29, 1.82) is 0 Å². The Labute approximate surface area is 175 Å². The number of rotatable bonds is 7. The van der Waals surface area contributed by atoms with Crippen molar-refractivity contribution in [1.82, 2.24) is 19.9 Å². The second kappa shape index (κ2) is 9.32. The lowest BCUT2D eigenvalue weighted by Gasteiger charge is -2.16. The molecule has 0 aliphatic heterocycles. The standard InChI is InChI=1S/C23H30N4O3/c1-27-20-15-16-14-18(11-12-19(16)25-22(20)26-23(27)29)30-13-7-6-10-21(28)24-17-8-4-2-3-5-9-17/h11-12,14-15,17H,2-10,13H2,1H3,(H,24,28)(H,25,26,29). The van der Waals surface area contributed by atoms with E-state index in [9.17, 15) is 9.59 Å². The Hall–Kier alpha value is -2.83. The van der Waals surface area contributed by atoms with E-state index in [0.717, 1.165) is 47.9 Å². The number of pyridine rings is 1. The van der Waals surface area contributed by atoms with Crippen molar-refractivity contribution >= 4 is 28.0 Å². The highest BCUT2D eigenvalue weighted by Crippen LogP contribution is 2.23. The van der Waals surface area contributed by atoms with Crippen LogP contribution in [0.2, 0.25) is 0 Å². The van der Waals surface area contributed by atoms with Crippen LogP contribution in [0.5, 0.6) is 5.75 Å². The molecule has 0 bridgehead atoms. The van der Waals surface area contributed by atoms with E-state index in [1.807, 2.05) is 24.3 Å². The molecule has 2 N–H and O–H groups in total. The summed E-state index contributed by atoms with van der Waals surface area (Å²) in [5.41, 5.74) is 1.99. The van der Waals surface area contributed by atoms with Gasteiger partial charge in [0.05, 0.1) is 17.6 Å². The third-order valence-electron chi connectivity index (χ3n) is 5.94. The Bertz CT molecular complexity index is 1080. The minimum absolute atomic E-state index is 0.166. The molecule has 1 saturated carbocycles. The maximum atomic E-state index is 12.2. The first-order valence-electron chi connectivity index (χ1n) is 11.0. The lowest BCUT2D eigenvalue weighted by molar-refractivity contribution is -0.122. The molecule has 7 heteroatoms. The van der Waals surface area contributed by atoms with Gasteiger partial charge < -0.3 is 10.1 Å². The second-order valence-corrected chi connectivity index (χ2v) is 8.26. The van der Waals surface area contributed by atoms with Gasteiger partial charge in [0.15, 0.2) is 5.65 Å². The molecular weight excluding hydrogens is 380 g/mol. The van der Waals surface area contributed by atoms with Gasteiger partial charge in [0, 0.05) is 24.9 Å². The molecule has 0 atom stereocenters. The summed E-state index contributed by atoms with van der Waals surface area (Å²) in [7, 11) is 1.72. The molecular formula is C23H30N4O3. The molecule has 30 heavy (non-hydrogen) atoms. The number of amides is 1. The van der Waals surface area contributed by atoms with Crippen molar-refractivity contribution in [2.45, 2.75) is 63.8 Å². The highest BCUT2D eigenvalue weighted by atomic mass is 16.5. The minimum atomic E-state index is -0.174. The normalized spacial score (nSPS) is 15.4. The number of hydrogen-bond acceptors (Lipinski definition) is 4. The van der Waals surface area contributed by atoms with Gasteiger partial charge >= 0.3 is 5.69 Å². The van der Waals surface area contributed by atoms with Crippen LogP contribution in [-0.4, -0.2) is 33.1 Å². The van der Waals surface area contributed by atoms with Crippen molar-refractivity contribution in [2.24, 2.45) is 7.05 Å². The molecule has 1 aromatic carbocycles. The van der Waals surface area contributed by atoms with Crippen molar-refractivity contribution in [3.63, 3.8) is 0 Å².